The van der Waals surface area contributed by atoms with Gasteiger partial charge in [-0.1, -0.05) is 0 Å². The number of alkyl halides is 2. The summed E-state index contributed by atoms with van der Waals surface area (Å²) in [6.07, 6.45) is 0.266. The van der Waals surface area contributed by atoms with Crippen molar-refractivity contribution in [3.05, 3.63) is 0 Å². The highest BCUT2D eigenvalue weighted by molar-refractivity contribution is 5.46. The zero-order chi connectivity index (χ0) is 7.49. The summed E-state index contributed by atoms with van der Waals surface area (Å²) < 4.78 is 24.2. The molecule has 0 fully saturated rings. The number of halogens is 2. The molecule has 0 spiro atoms. The van der Waals surface area contributed by atoms with Crippen molar-refractivity contribution in [1.82, 2.24) is 5.32 Å². The van der Waals surface area contributed by atoms with Crippen molar-refractivity contribution in [1.29, 1.82) is 0 Å². The molecule has 0 aliphatic heterocycles. The monoisotopic (exact) mass is 137 g/mol. The minimum absolute atomic E-state index is 0.266. The first-order valence-corrected chi connectivity index (χ1v) is 2.56. The minimum atomic E-state index is -2.83. The van der Waals surface area contributed by atoms with Crippen LogP contribution in [0, 0.1) is 0 Å². The van der Waals surface area contributed by atoms with Gasteiger partial charge in [0.1, 0.15) is 0 Å². The van der Waals surface area contributed by atoms with Gasteiger partial charge in [0.2, 0.25) is 6.41 Å². The Bertz CT molecular complexity index is 99.6. The third-order valence-corrected chi connectivity index (χ3v) is 1.08. The van der Waals surface area contributed by atoms with Crippen molar-refractivity contribution >= 4 is 6.41 Å². The zero-order valence-electron chi connectivity index (χ0n) is 5.32. The summed E-state index contributed by atoms with van der Waals surface area (Å²) in [5.74, 6) is -2.83. The fourth-order valence-corrected chi connectivity index (χ4v) is 0.248. The standard InChI is InChI=1S/C5H9F2NO/c1-4(8-3-9)5(2,6)7/h3-4H,1-2H3,(H,8,9). The van der Waals surface area contributed by atoms with Gasteiger partial charge < -0.3 is 5.32 Å². The van der Waals surface area contributed by atoms with Crippen molar-refractivity contribution < 1.29 is 13.6 Å². The first-order chi connectivity index (χ1) is 3.98. The molecule has 1 N–H and O–H groups in total. The van der Waals surface area contributed by atoms with E-state index >= 15 is 0 Å². The van der Waals surface area contributed by atoms with Gasteiger partial charge in [0.15, 0.2) is 0 Å². The Labute approximate surface area is 52.2 Å². The Balaban J connectivity index is 3.72. The van der Waals surface area contributed by atoms with E-state index in [-0.39, 0.29) is 6.41 Å². The SMILES string of the molecule is CC(NC=O)C(C)(F)F. The van der Waals surface area contributed by atoms with E-state index in [1.54, 1.807) is 0 Å². The van der Waals surface area contributed by atoms with Crippen LogP contribution in [0.4, 0.5) is 8.78 Å². The van der Waals surface area contributed by atoms with Crippen LogP contribution in [0.1, 0.15) is 13.8 Å². The predicted molar refractivity (Wildman–Crippen MR) is 29.3 cm³/mol. The highest BCUT2D eigenvalue weighted by Crippen LogP contribution is 2.15. The molecule has 0 aliphatic rings. The van der Waals surface area contributed by atoms with Crippen molar-refractivity contribution in [3.63, 3.8) is 0 Å². The third-order valence-electron chi connectivity index (χ3n) is 1.08. The van der Waals surface area contributed by atoms with Crippen LogP contribution in [-0.2, 0) is 4.79 Å². The maximum atomic E-state index is 12.1. The molecule has 0 aromatic carbocycles. The van der Waals surface area contributed by atoms with Crippen LogP contribution < -0.4 is 5.32 Å². The highest BCUT2D eigenvalue weighted by atomic mass is 19.3. The van der Waals surface area contributed by atoms with Gasteiger partial charge in [-0.15, -0.1) is 0 Å². The fourth-order valence-electron chi connectivity index (χ4n) is 0.248. The van der Waals surface area contributed by atoms with E-state index in [4.69, 9.17) is 0 Å². The van der Waals surface area contributed by atoms with Crippen LogP contribution in [0.25, 0.3) is 0 Å². The average molecular weight is 137 g/mol. The molecule has 0 aliphatic carbocycles. The molecule has 1 amide bonds. The number of hydrogen-bond donors (Lipinski definition) is 1. The lowest BCUT2D eigenvalue weighted by molar-refractivity contribution is -0.113. The molecule has 0 bridgehead atoms. The van der Waals surface area contributed by atoms with Crippen LogP contribution in [-0.4, -0.2) is 18.4 Å². The average Bonchev–Trinajstić information content (AvgIpc) is 1.64. The summed E-state index contributed by atoms with van der Waals surface area (Å²) in [6, 6.07) is -1.09. The van der Waals surface area contributed by atoms with Gasteiger partial charge >= 0.3 is 0 Å². The van der Waals surface area contributed by atoms with Crippen LogP contribution in [0.5, 0.6) is 0 Å². The van der Waals surface area contributed by atoms with Crippen molar-refractivity contribution in [2.45, 2.75) is 25.8 Å². The second-order valence-corrected chi connectivity index (χ2v) is 1.96. The summed E-state index contributed by atoms with van der Waals surface area (Å²) >= 11 is 0. The second kappa shape index (κ2) is 2.75. The summed E-state index contributed by atoms with van der Waals surface area (Å²) in [4.78, 5) is 9.62. The number of nitrogens with one attached hydrogen (secondary N) is 1. The number of hydrogen-bond acceptors (Lipinski definition) is 1. The molecule has 0 saturated carbocycles. The van der Waals surface area contributed by atoms with E-state index < -0.39 is 12.0 Å². The van der Waals surface area contributed by atoms with Gasteiger partial charge in [-0.2, -0.15) is 0 Å². The Kier molecular flexibility index (Phi) is 2.55. The maximum absolute atomic E-state index is 12.1. The summed E-state index contributed by atoms with van der Waals surface area (Å²) in [6.45, 7) is 2.00. The van der Waals surface area contributed by atoms with Gasteiger partial charge in [-0.05, 0) is 6.92 Å². The summed E-state index contributed by atoms with van der Waals surface area (Å²) in [7, 11) is 0. The zero-order valence-corrected chi connectivity index (χ0v) is 5.32. The van der Waals surface area contributed by atoms with Crippen molar-refractivity contribution in [3.8, 4) is 0 Å². The molecule has 4 heteroatoms. The Morgan fingerprint density at radius 3 is 2.22 bits per heavy atom. The lowest BCUT2D eigenvalue weighted by Gasteiger charge is -2.17. The molecule has 0 heterocycles. The van der Waals surface area contributed by atoms with Gasteiger partial charge in [-0.25, -0.2) is 8.78 Å². The normalized spacial score (nSPS) is 14.7. The lowest BCUT2D eigenvalue weighted by atomic mass is 10.2. The number of amides is 1. The molecule has 1 unspecified atom stereocenters. The second-order valence-electron chi connectivity index (χ2n) is 1.96. The predicted octanol–water partition coefficient (Wildman–Crippen LogP) is 0.776. The summed E-state index contributed by atoms with van der Waals surface area (Å²) in [5.41, 5.74) is 0. The smallest absolute Gasteiger partial charge is 0.264 e. The molecule has 0 saturated heterocycles. The molecule has 0 aromatic rings. The molecular formula is C5H9F2NO. The van der Waals surface area contributed by atoms with E-state index in [2.05, 4.69) is 0 Å². The largest absolute Gasteiger partial charge is 0.350 e. The number of carbonyl (C=O) groups excluding carboxylic acids is 1. The molecule has 0 aromatic heterocycles. The lowest BCUT2D eigenvalue weighted by Crippen LogP contribution is -2.39. The molecule has 54 valence electrons. The topological polar surface area (TPSA) is 29.1 Å². The first-order valence-electron chi connectivity index (χ1n) is 2.56. The Hall–Kier alpha value is -0.670. The van der Waals surface area contributed by atoms with Crippen LogP contribution in [0.3, 0.4) is 0 Å². The Morgan fingerprint density at radius 2 is 2.11 bits per heavy atom. The fraction of sp³-hybridized carbons (Fsp3) is 0.800. The number of rotatable bonds is 3. The van der Waals surface area contributed by atoms with Gasteiger partial charge in [0.25, 0.3) is 5.92 Å². The van der Waals surface area contributed by atoms with Gasteiger partial charge in [-0.3, -0.25) is 4.79 Å². The molecule has 1 atom stereocenters. The van der Waals surface area contributed by atoms with Crippen LogP contribution >= 0.6 is 0 Å². The van der Waals surface area contributed by atoms with Crippen molar-refractivity contribution in [2.75, 3.05) is 0 Å². The highest BCUT2D eigenvalue weighted by Gasteiger charge is 2.29. The minimum Gasteiger partial charge on any atom is -0.350 e. The third kappa shape index (κ3) is 3.00. The van der Waals surface area contributed by atoms with E-state index in [0.29, 0.717) is 0 Å². The van der Waals surface area contributed by atoms with Gasteiger partial charge in [0.05, 0.1) is 6.04 Å². The van der Waals surface area contributed by atoms with Crippen LogP contribution in [0.15, 0.2) is 0 Å². The quantitative estimate of drug-likeness (QED) is 0.572. The van der Waals surface area contributed by atoms with Crippen molar-refractivity contribution in [2.24, 2.45) is 0 Å². The molecule has 9 heavy (non-hydrogen) atoms. The van der Waals surface area contributed by atoms with Crippen LogP contribution in [0.2, 0.25) is 0 Å². The van der Waals surface area contributed by atoms with E-state index in [9.17, 15) is 13.6 Å². The number of carbonyl (C=O) groups is 1. The molecular weight excluding hydrogens is 128 g/mol. The Morgan fingerprint density at radius 1 is 1.67 bits per heavy atom. The van der Waals surface area contributed by atoms with E-state index in [1.165, 1.54) is 6.92 Å². The van der Waals surface area contributed by atoms with Gasteiger partial charge in [0, 0.05) is 6.92 Å². The molecule has 0 rings (SSSR count). The summed E-state index contributed by atoms with van der Waals surface area (Å²) in [5, 5.41) is 1.95. The van der Waals surface area contributed by atoms with E-state index in [1.807, 2.05) is 5.32 Å². The molecule has 0 radical (unpaired) electrons. The van der Waals surface area contributed by atoms with E-state index in [0.717, 1.165) is 6.92 Å². The maximum Gasteiger partial charge on any atom is 0.264 e. The first kappa shape index (κ1) is 8.33. The molecule has 2 nitrogen and oxygen atoms in total.